The summed E-state index contributed by atoms with van der Waals surface area (Å²) >= 11 is 1.46. The molecule has 1 aromatic carbocycles. The first kappa shape index (κ1) is 13.9. The van der Waals surface area contributed by atoms with Gasteiger partial charge in [-0.25, -0.2) is 9.89 Å². The summed E-state index contributed by atoms with van der Waals surface area (Å²) in [4.78, 5) is 12.7. The van der Waals surface area contributed by atoms with Gasteiger partial charge < -0.3 is 5.73 Å². The van der Waals surface area contributed by atoms with Gasteiger partial charge in [0.05, 0.1) is 0 Å². The lowest BCUT2D eigenvalue weighted by Crippen LogP contribution is -2.19. The minimum atomic E-state index is -0.176. The zero-order valence-electron chi connectivity index (χ0n) is 11.3. The number of nitrogens with zero attached hydrogens (tertiary/aromatic N) is 2. The van der Waals surface area contributed by atoms with Crippen molar-refractivity contribution in [2.75, 3.05) is 0 Å². The molecule has 3 N–H and O–H groups in total. The fourth-order valence-electron chi connectivity index (χ4n) is 1.76. The molecule has 5 nitrogen and oxygen atoms in total. The number of benzene rings is 1. The maximum Gasteiger partial charge on any atom is 0.344 e. The summed E-state index contributed by atoms with van der Waals surface area (Å²) in [5, 5.41) is 7.21. The SMILES string of the molecule is CC(N)c1ccc(Sc2n[nH]c(=O)n2C(C)C)cc1. The van der Waals surface area contributed by atoms with Gasteiger partial charge in [0.15, 0.2) is 5.16 Å². The van der Waals surface area contributed by atoms with Crippen LogP contribution in [0.3, 0.4) is 0 Å². The number of aromatic amines is 1. The van der Waals surface area contributed by atoms with Gasteiger partial charge in [-0.15, -0.1) is 5.10 Å². The van der Waals surface area contributed by atoms with Crippen molar-refractivity contribution in [3.8, 4) is 0 Å². The number of hydrogen-bond acceptors (Lipinski definition) is 4. The van der Waals surface area contributed by atoms with E-state index in [2.05, 4.69) is 10.2 Å². The van der Waals surface area contributed by atoms with Gasteiger partial charge in [-0.2, -0.15) is 0 Å². The van der Waals surface area contributed by atoms with Crippen molar-refractivity contribution >= 4 is 11.8 Å². The number of hydrogen-bond donors (Lipinski definition) is 2. The number of rotatable bonds is 4. The number of nitrogens with one attached hydrogen (secondary N) is 1. The standard InChI is InChI=1S/C13H18N4OS/c1-8(2)17-12(18)15-16-13(17)19-11-6-4-10(5-7-11)9(3)14/h4-9H,14H2,1-3H3,(H,15,18). The summed E-state index contributed by atoms with van der Waals surface area (Å²) in [7, 11) is 0. The van der Waals surface area contributed by atoms with Crippen LogP contribution in [0.5, 0.6) is 0 Å². The monoisotopic (exact) mass is 278 g/mol. The Morgan fingerprint density at radius 2 is 1.89 bits per heavy atom. The van der Waals surface area contributed by atoms with Crippen LogP contribution in [0.1, 0.15) is 38.4 Å². The van der Waals surface area contributed by atoms with E-state index < -0.39 is 0 Å². The second kappa shape index (κ2) is 5.63. The van der Waals surface area contributed by atoms with Crippen LogP contribution >= 0.6 is 11.8 Å². The molecule has 0 fully saturated rings. The molecule has 0 spiro atoms. The fourth-order valence-corrected chi connectivity index (χ4v) is 2.73. The first-order chi connectivity index (χ1) is 8.99. The van der Waals surface area contributed by atoms with Crippen LogP contribution in [-0.4, -0.2) is 14.8 Å². The van der Waals surface area contributed by atoms with Crippen molar-refractivity contribution in [3.05, 3.63) is 40.3 Å². The largest absolute Gasteiger partial charge is 0.344 e. The van der Waals surface area contributed by atoms with Gasteiger partial charge in [0.1, 0.15) is 0 Å². The molecule has 0 bridgehead atoms. The molecule has 0 saturated carbocycles. The predicted octanol–water partition coefficient (Wildman–Crippen LogP) is 2.32. The van der Waals surface area contributed by atoms with E-state index in [0.717, 1.165) is 10.5 Å². The lowest BCUT2D eigenvalue weighted by atomic mass is 10.1. The van der Waals surface area contributed by atoms with E-state index in [1.165, 1.54) is 11.8 Å². The molecule has 19 heavy (non-hydrogen) atoms. The Morgan fingerprint density at radius 1 is 1.26 bits per heavy atom. The van der Waals surface area contributed by atoms with Crippen LogP contribution in [0, 0.1) is 0 Å². The van der Waals surface area contributed by atoms with Crippen LogP contribution in [0.25, 0.3) is 0 Å². The molecular weight excluding hydrogens is 260 g/mol. The van der Waals surface area contributed by atoms with Crippen LogP contribution in [-0.2, 0) is 0 Å². The van der Waals surface area contributed by atoms with E-state index in [9.17, 15) is 4.79 Å². The van der Waals surface area contributed by atoms with Crippen molar-refractivity contribution in [2.45, 2.75) is 42.9 Å². The molecule has 1 aromatic heterocycles. The maximum absolute atomic E-state index is 11.6. The second-order valence-corrected chi connectivity index (χ2v) is 5.78. The first-order valence-electron chi connectivity index (χ1n) is 6.19. The van der Waals surface area contributed by atoms with Gasteiger partial charge in [0.2, 0.25) is 0 Å². The average molecular weight is 278 g/mol. The van der Waals surface area contributed by atoms with Crippen LogP contribution in [0.15, 0.2) is 39.1 Å². The molecule has 1 unspecified atom stereocenters. The van der Waals surface area contributed by atoms with Crippen LogP contribution in [0.2, 0.25) is 0 Å². The van der Waals surface area contributed by atoms with Gasteiger partial charge in [-0.3, -0.25) is 4.57 Å². The lowest BCUT2D eigenvalue weighted by molar-refractivity contribution is 0.534. The molecule has 0 amide bonds. The first-order valence-corrected chi connectivity index (χ1v) is 7.01. The fraction of sp³-hybridized carbons (Fsp3) is 0.385. The summed E-state index contributed by atoms with van der Waals surface area (Å²) in [6.07, 6.45) is 0. The van der Waals surface area contributed by atoms with E-state index in [4.69, 9.17) is 5.73 Å². The summed E-state index contributed by atoms with van der Waals surface area (Å²) in [5.41, 5.74) is 6.73. The molecule has 102 valence electrons. The molecule has 0 radical (unpaired) electrons. The molecule has 0 aliphatic carbocycles. The molecule has 2 rings (SSSR count). The van der Waals surface area contributed by atoms with Gasteiger partial charge in [0, 0.05) is 17.0 Å². The molecule has 1 heterocycles. The molecule has 1 atom stereocenters. The Kier molecular flexibility index (Phi) is 4.11. The maximum atomic E-state index is 11.6. The van der Waals surface area contributed by atoms with Crippen molar-refractivity contribution in [3.63, 3.8) is 0 Å². The zero-order chi connectivity index (χ0) is 14.0. The Hall–Kier alpha value is -1.53. The lowest BCUT2D eigenvalue weighted by Gasteiger charge is -2.09. The highest BCUT2D eigenvalue weighted by Crippen LogP contribution is 2.27. The Bertz CT molecular complexity index is 598. The van der Waals surface area contributed by atoms with Crippen molar-refractivity contribution in [1.29, 1.82) is 0 Å². The molecule has 0 aliphatic heterocycles. The molecule has 0 aliphatic rings. The van der Waals surface area contributed by atoms with Gasteiger partial charge >= 0.3 is 5.69 Å². The number of aromatic nitrogens is 3. The molecule has 2 aromatic rings. The van der Waals surface area contributed by atoms with E-state index >= 15 is 0 Å². The van der Waals surface area contributed by atoms with Gasteiger partial charge in [0.25, 0.3) is 0 Å². The Morgan fingerprint density at radius 3 is 2.42 bits per heavy atom. The molecular formula is C13H18N4OS. The smallest absolute Gasteiger partial charge is 0.324 e. The molecule has 6 heteroatoms. The highest BCUT2D eigenvalue weighted by atomic mass is 32.2. The van der Waals surface area contributed by atoms with Gasteiger partial charge in [-0.1, -0.05) is 12.1 Å². The van der Waals surface area contributed by atoms with Crippen LogP contribution in [0.4, 0.5) is 0 Å². The number of H-pyrrole nitrogens is 1. The molecule has 0 saturated heterocycles. The highest BCUT2D eigenvalue weighted by Gasteiger charge is 2.12. The van der Waals surface area contributed by atoms with Crippen molar-refractivity contribution < 1.29 is 0 Å². The Balaban J connectivity index is 2.24. The van der Waals surface area contributed by atoms with E-state index in [-0.39, 0.29) is 17.8 Å². The third-order valence-electron chi connectivity index (χ3n) is 2.80. The summed E-state index contributed by atoms with van der Waals surface area (Å²) < 4.78 is 1.64. The third kappa shape index (κ3) is 3.08. The van der Waals surface area contributed by atoms with E-state index in [1.807, 2.05) is 45.0 Å². The Labute approximate surface area is 116 Å². The summed E-state index contributed by atoms with van der Waals surface area (Å²) in [6.45, 7) is 5.87. The predicted molar refractivity (Wildman–Crippen MR) is 76.4 cm³/mol. The van der Waals surface area contributed by atoms with Crippen LogP contribution < -0.4 is 11.4 Å². The van der Waals surface area contributed by atoms with Crippen molar-refractivity contribution in [1.82, 2.24) is 14.8 Å². The third-order valence-corrected chi connectivity index (χ3v) is 3.78. The zero-order valence-corrected chi connectivity index (χ0v) is 12.1. The quantitative estimate of drug-likeness (QED) is 0.900. The van der Waals surface area contributed by atoms with Gasteiger partial charge in [-0.05, 0) is 50.2 Å². The summed E-state index contributed by atoms with van der Waals surface area (Å²) in [5.74, 6) is 0. The van der Waals surface area contributed by atoms with E-state index in [1.54, 1.807) is 4.57 Å². The normalized spacial score (nSPS) is 12.9. The van der Waals surface area contributed by atoms with E-state index in [0.29, 0.717) is 5.16 Å². The average Bonchev–Trinajstić information content (AvgIpc) is 2.71. The minimum absolute atomic E-state index is 0.0262. The second-order valence-electron chi connectivity index (χ2n) is 4.73. The minimum Gasteiger partial charge on any atom is -0.324 e. The topological polar surface area (TPSA) is 76.7 Å². The number of nitrogens with two attached hydrogens (primary N) is 1. The summed E-state index contributed by atoms with van der Waals surface area (Å²) in [6, 6.07) is 8.09. The highest BCUT2D eigenvalue weighted by molar-refractivity contribution is 7.99. The van der Waals surface area contributed by atoms with Crippen molar-refractivity contribution in [2.24, 2.45) is 5.73 Å².